The van der Waals surface area contributed by atoms with E-state index in [0.717, 1.165) is 44.4 Å². The fraction of sp³-hybridized carbons (Fsp3) is 0.278. The number of fused-ring (bicyclic) bond motifs is 1. The van der Waals surface area contributed by atoms with E-state index in [1.54, 1.807) is 17.5 Å². The van der Waals surface area contributed by atoms with Gasteiger partial charge in [0.2, 0.25) is 4.21 Å². The maximum absolute atomic E-state index is 12.7. The van der Waals surface area contributed by atoms with Crippen LogP contribution in [0.15, 0.2) is 28.0 Å². The van der Waals surface area contributed by atoms with Crippen LogP contribution in [0, 0.1) is 6.92 Å². The Bertz CT molecular complexity index is 1100. The highest BCUT2D eigenvalue weighted by molar-refractivity contribution is 7.93. The van der Waals surface area contributed by atoms with Crippen molar-refractivity contribution in [3.8, 4) is 22.0 Å². The standard InChI is InChI=1S/C18H19N5OS3/c1-4-7-27(24)18-15(19)14-11(13-9-21-10(2)23(13)3)8-12(22-17(14)26-18)16-20-5-6-25-16/h5-6,8-9H,4,7,19H2,1-3H3. The fourth-order valence-electron chi connectivity index (χ4n) is 2.96. The summed E-state index contributed by atoms with van der Waals surface area (Å²) in [5, 5.41) is 3.63. The maximum Gasteiger partial charge on any atom is 0.232 e. The second kappa shape index (κ2) is 7.23. The number of nitrogens with zero attached hydrogens (tertiary/aromatic N) is 4. The Hall–Kier alpha value is -1.94. The zero-order valence-corrected chi connectivity index (χ0v) is 17.7. The predicted octanol–water partition coefficient (Wildman–Crippen LogP) is 4.23. The summed E-state index contributed by atoms with van der Waals surface area (Å²) in [4.78, 5) is 14.4. The van der Waals surface area contributed by atoms with Crippen LogP contribution in [0.1, 0.15) is 19.2 Å². The molecule has 4 aromatic heterocycles. The smallest absolute Gasteiger partial charge is 0.232 e. The first-order chi connectivity index (χ1) is 13.0. The van der Waals surface area contributed by atoms with Crippen molar-refractivity contribution in [2.45, 2.75) is 24.5 Å². The zero-order valence-electron chi connectivity index (χ0n) is 15.2. The van der Waals surface area contributed by atoms with E-state index in [0.29, 0.717) is 15.6 Å². The van der Waals surface area contributed by atoms with Gasteiger partial charge in [-0.3, -0.25) is 0 Å². The third-order valence-electron chi connectivity index (χ3n) is 4.41. The lowest BCUT2D eigenvalue weighted by Gasteiger charge is -2.09. The molecule has 140 valence electrons. The number of anilines is 1. The summed E-state index contributed by atoms with van der Waals surface area (Å²) < 4.78 is 15.4. The quantitative estimate of drug-likeness (QED) is 0.491. The zero-order chi connectivity index (χ0) is 19.1. The molecule has 9 heteroatoms. The summed E-state index contributed by atoms with van der Waals surface area (Å²) in [5.41, 5.74) is 9.72. The van der Waals surface area contributed by atoms with Crippen molar-refractivity contribution >= 4 is 49.8 Å². The molecule has 0 aliphatic heterocycles. The molecule has 0 aromatic carbocycles. The van der Waals surface area contributed by atoms with Crippen LogP contribution in [0.4, 0.5) is 5.69 Å². The Kier molecular flexibility index (Phi) is 4.94. The van der Waals surface area contributed by atoms with Crippen LogP contribution in [0.5, 0.6) is 0 Å². The lowest BCUT2D eigenvalue weighted by atomic mass is 10.1. The number of imidazole rings is 1. The molecule has 4 heterocycles. The summed E-state index contributed by atoms with van der Waals surface area (Å²) in [6, 6.07) is 2.01. The van der Waals surface area contributed by atoms with E-state index in [9.17, 15) is 4.55 Å². The van der Waals surface area contributed by atoms with Crippen LogP contribution < -0.4 is 5.73 Å². The number of hydrogen-bond acceptors (Lipinski definition) is 7. The van der Waals surface area contributed by atoms with E-state index in [-0.39, 0.29) is 0 Å². The molecule has 0 saturated heterocycles. The summed E-state index contributed by atoms with van der Waals surface area (Å²) in [6.45, 7) is 3.98. The molecule has 4 rings (SSSR count). The third kappa shape index (κ3) is 3.14. The normalized spacial score (nSPS) is 12.7. The summed E-state index contributed by atoms with van der Waals surface area (Å²) in [7, 11) is 1.98. The number of aromatic nitrogens is 4. The average Bonchev–Trinajstić information content (AvgIpc) is 3.36. The lowest BCUT2D eigenvalue weighted by molar-refractivity contribution is 0.596. The lowest BCUT2D eigenvalue weighted by Crippen LogP contribution is -2.06. The Balaban J connectivity index is 2.02. The first-order valence-corrected chi connectivity index (χ1v) is 11.5. The average molecular weight is 418 g/mol. The highest BCUT2D eigenvalue weighted by Crippen LogP contribution is 2.43. The van der Waals surface area contributed by atoms with Gasteiger partial charge in [0.15, 0.2) is 0 Å². The molecule has 0 radical (unpaired) electrons. The van der Waals surface area contributed by atoms with E-state index < -0.39 is 11.2 Å². The van der Waals surface area contributed by atoms with Crippen LogP contribution >= 0.6 is 22.7 Å². The minimum atomic E-state index is -1.12. The van der Waals surface area contributed by atoms with Gasteiger partial charge in [-0.05, 0) is 30.6 Å². The van der Waals surface area contributed by atoms with Crippen LogP contribution in [0.2, 0.25) is 0 Å². The van der Waals surface area contributed by atoms with Crippen molar-refractivity contribution in [2.24, 2.45) is 7.05 Å². The molecule has 0 saturated carbocycles. The SMILES string of the molecule is CCC[S+]([O-])c1sc2nc(-c3nccs3)cc(-c3cnc(C)n3C)c2c1N. The van der Waals surface area contributed by atoms with E-state index in [2.05, 4.69) is 9.97 Å². The second-order valence-electron chi connectivity index (χ2n) is 6.17. The van der Waals surface area contributed by atoms with Gasteiger partial charge < -0.3 is 14.9 Å². The molecule has 0 aliphatic carbocycles. The van der Waals surface area contributed by atoms with E-state index in [1.165, 1.54) is 11.3 Å². The molecule has 2 N–H and O–H groups in total. The van der Waals surface area contributed by atoms with Crippen LogP contribution in [-0.4, -0.2) is 29.8 Å². The summed E-state index contributed by atoms with van der Waals surface area (Å²) >= 11 is 1.84. The molecular weight excluding hydrogens is 398 g/mol. The van der Waals surface area contributed by atoms with Gasteiger partial charge in [0.25, 0.3) is 0 Å². The van der Waals surface area contributed by atoms with Crippen LogP contribution in [0.3, 0.4) is 0 Å². The highest BCUT2D eigenvalue weighted by atomic mass is 32.2. The molecule has 0 fully saturated rings. The van der Waals surface area contributed by atoms with Crippen molar-refractivity contribution in [3.05, 3.63) is 29.7 Å². The first kappa shape index (κ1) is 18.4. The summed E-state index contributed by atoms with van der Waals surface area (Å²) in [5.74, 6) is 1.51. The van der Waals surface area contributed by atoms with Gasteiger partial charge >= 0.3 is 0 Å². The molecule has 0 spiro atoms. The summed E-state index contributed by atoms with van der Waals surface area (Å²) in [6.07, 6.45) is 4.45. The molecule has 0 amide bonds. The largest absolute Gasteiger partial charge is 0.611 e. The molecule has 0 aliphatic rings. The van der Waals surface area contributed by atoms with Crippen molar-refractivity contribution < 1.29 is 4.55 Å². The molecule has 0 bridgehead atoms. The Morgan fingerprint density at radius 1 is 1.33 bits per heavy atom. The number of nitrogen functional groups attached to an aromatic ring is 1. The van der Waals surface area contributed by atoms with Gasteiger partial charge in [0.05, 0.1) is 11.9 Å². The van der Waals surface area contributed by atoms with Gasteiger partial charge in [-0.2, -0.15) is 0 Å². The Morgan fingerprint density at radius 2 is 2.15 bits per heavy atom. The molecular formula is C18H19N5OS3. The van der Waals surface area contributed by atoms with Gasteiger partial charge in [-0.15, -0.1) is 11.3 Å². The minimum absolute atomic E-state index is 0.564. The van der Waals surface area contributed by atoms with Crippen molar-refractivity contribution in [3.63, 3.8) is 0 Å². The third-order valence-corrected chi connectivity index (χ3v) is 8.32. The van der Waals surface area contributed by atoms with Crippen LogP contribution in [-0.2, 0) is 18.2 Å². The van der Waals surface area contributed by atoms with Crippen molar-refractivity contribution in [1.82, 2.24) is 19.5 Å². The van der Waals surface area contributed by atoms with Crippen LogP contribution in [0.25, 0.3) is 32.2 Å². The molecule has 4 aromatic rings. The second-order valence-corrected chi connectivity index (χ2v) is 9.83. The number of thiazole rings is 1. The van der Waals surface area contributed by atoms with E-state index in [4.69, 9.17) is 10.7 Å². The van der Waals surface area contributed by atoms with E-state index >= 15 is 0 Å². The number of pyridine rings is 1. The van der Waals surface area contributed by atoms with E-state index in [1.807, 2.05) is 43.1 Å². The van der Waals surface area contributed by atoms with Gasteiger partial charge in [-0.1, -0.05) is 18.3 Å². The number of aryl methyl sites for hydroxylation is 1. The Morgan fingerprint density at radius 3 is 2.78 bits per heavy atom. The number of thiophene rings is 1. The topological polar surface area (TPSA) is 92.7 Å². The minimum Gasteiger partial charge on any atom is -0.611 e. The maximum atomic E-state index is 12.7. The van der Waals surface area contributed by atoms with Gasteiger partial charge in [0, 0.05) is 29.6 Å². The monoisotopic (exact) mass is 417 g/mol. The van der Waals surface area contributed by atoms with Crippen molar-refractivity contribution in [2.75, 3.05) is 11.5 Å². The number of rotatable bonds is 5. The molecule has 6 nitrogen and oxygen atoms in total. The molecule has 1 atom stereocenters. The molecule has 1 unspecified atom stereocenters. The van der Waals surface area contributed by atoms with Gasteiger partial charge in [0.1, 0.15) is 32.8 Å². The van der Waals surface area contributed by atoms with Crippen molar-refractivity contribution in [1.29, 1.82) is 0 Å². The Labute approximate surface area is 168 Å². The van der Waals surface area contributed by atoms with Gasteiger partial charge in [-0.25, -0.2) is 15.0 Å². The fourth-order valence-corrected chi connectivity index (χ4v) is 6.18. The predicted molar refractivity (Wildman–Crippen MR) is 114 cm³/mol. The highest BCUT2D eigenvalue weighted by Gasteiger charge is 2.25. The number of nitrogens with two attached hydrogens (primary N) is 1. The number of hydrogen-bond donors (Lipinski definition) is 1. The first-order valence-electron chi connectivity index (χ1n) is 8.51. The molecule has 27 heavy (non-hydrogen) atoms.